The molecule has 2 aromatic heterocycles. The molecule has 1 fully saturated rings. The van der Waals surface area contributed by atoms with E-state index in [1.54, 1.807) is 11.2 Å². The van der Waals surface area contributed by atoms with Crippen LogP contribution in [-0.2, 0) is 11.2 Å². The summed E-state index contributed by atoms with van der Waals surface area (Å²) >= 11 is 6.22. The SMILES string of the molecule is O=C1CCCN1N=C(Cc1cc(Cl)nc2ccccc12)c1ccccn1. The minimum Gasteiger partial charge on any atom is -0.273 e. The Kier molecular flexibility index (Phi) is 4.63. The van der Waals surface area contributed by atoms with Gasteiger partial charge in [-0.05, 0) is 36.2 Å². The second kappa shape index (κ2) is 7.22. The van der Waals surface area contributed by atoms with Crippen molar-refractivity contribution in [1.29, 1.82) is 0 Å². The Morgan fingerprint density at radius 2 is 2.04 bits per heavy atom. The Hall–Kier alpha value is -2.79. The van der Waals surface area contributed by atoms with E-state index in [1.165, 1.54) is 0 Å². The summed E-state index contributed by atoms with van der Waals surface area (Å²) < 4.78 is 0. The molecule has 1 saturated heterocycles. The average molecular weight is 365 g/mol. The van der Waals surface area contributed by atoms with Crippen molar-refractivity contribution in [2.75, 3.05) is 6.54 Å². The highest BCUT2D eigenvalue weighted by Crippen LogP contribution is 2.23. The molecule has 0 bridgehead atoms. The summed E-state index contributed by atoms with van der Waals surface area (Å²) in [6.45, 7) is 0.646. The molecule has 130 valence electrons. The number of rotatable bonds is 4. The van der Waals surface area contributed by atoms with Crippen LogP contribution < -0.4 is 0 Å². The van der Waals surface area contributed by atoms with E-state index < -0.39 is 0 Å². The predicted molar refractivity (Wildman–Crippen MR) is 102 cm³/mol. The van der Waals surface area contributed by atoms with Crippen molar-refractivity contribution in [2.24, 2.45) is 5.10 Å². The Labute approximate surface area is 156 Å². The van der Waals surface area contributed by atoms with Gasteiger partial charge >= 0.3 is 0 Å². The number of carbonyl (C=O) groups is 1. The second-order valence-electron chi connectivity index (χ2n) is 6.18. The Morgan fingerprint density at radius 3 is 2.81 bits per heavy atom. The summed E-state index contributed by atoms with van der Waals surface area (Å²) in [5, 5.41) is 7.65. The number of para-hydroxylation sites is 1. The van der Waals surface area contributed by atoms with Crippen molar-refractivity contribution in [2.45, 2.75) is 19.3 Å². The number of hydrogen-bond donors (Lipinski definition) is 0. The molecule has 5 nitrogen and oxygen atoms in total. The summed E-state index contributed by atoms with van der Waals surface area (Å²) in [5.74, 6) is 0.0519. The Bertz CT molecular complexity index is 988. The van der Waals surface area contributed by atoms with Crippen molar-refractivity contribution in [3.63, 3.8) is 0 Å². The van der Waals surface area contributed by atoms with Gasteiger partial charge in [0.05, 0.1) is 16.9 Å². The molecule has 1 aliphatic rings. The third-order valence-corrected chi connectivity index (χ3v) is 4.57. The minimum atomic E-state index is 0.0519. The van der Waals surface area contributed by atoms with Gasteiger partial charge in [-0.2, -0.15) is 5.10 Å². The molecule has 6 heteroatoms. The van der Waals surface area contributed by atoms with E-state index in [2.05, 4.69) is 15.1 Å². The fourth-order valence-electron chi connectivity index (χ4n) is 3.13. The van der Waals surface area contributed by atoms with Crippen LogP contribution >= 0.6 is 11.6 Å². The molecule has 0 radical (unpaired) electrons. The largest absolute Gasteiger partial charge is 0.273 e. The molecule has 0 spiro atoms. The van der Waals surface area contributed by atoms with Crippen LogP contribution in [0.4, 0.5) is 0 Å². The molecule has 1 amide bonds. The van der Waals surface area contributed by atoms with E-state index in [-0.39, 0.29) is 5.91 Å². The number of nitrogens with zero attached hydrogens (tertiary/aromatic N) is 4. The minimum absolute atomic E-state index is 0.0519. The first-order valence-corrected chi connectivity index (χ1v) is 8.92. The topological polar surface area (TPSA) is 58.5 Å². The van der Waals surface area contributed by atoms with Gasteiger partial charge in [0.25, 0.3) is 0 Å². The Morgan fingerprint density at radius 1 is 1.19 bits per heavy atom. The molecule has 3 heterocycles. The third-order valence-electron chi connectivity index (χ3n) is 4.38. The quantitative estimate of drug-likeness (QED) is 0.522. The average Bonchev–Trinajstić information content (AvgIpc) is 3.06. The van der Waals surface area contributed by atoms with Gasteiger partial charge in [-0.25, -0.2) is 9.99 Å². The van der Waals surface area contributed by atoms with Crippen molar-refractivity contribution in [1.82, 2.24) is 15.0 Å². The number of aromatic nitrogens is 2. The number of carbonyl (C=O) groups excluding carboxylic acids is 1. The number of hydrazone groups is 1. The zero-order valence-corrected chi connectivity index (χ0v) is 14.9. The highest BCUT2D eigenvalue weighted by Gasteiger charge is 2.21. The Balaban J connectivity index is 1.79. The lowest BCUT2D eigenvalue weighted by Crippen LogP contribution is -2.22. The summed E-state index contributed by atoms with van der Waals surface area (Å²) in [4.78, 5) is 20.8. The van der Waals surface area contributed by atoms with Crippen LogP contribution in [0.1, 0.15) is 24.1 Å². The van der Waals surface area contributed by atoms with Crippen LogP contribution in [0, 0.1) is 0 Å². The summed E-state index contributed by atoms with van der Waals surface area (Å²) in [6.07, 6.45) is 3.63. The van der Waals surface area contributed by atoms with Gasteiger partial charge in [0, 0.05) is 31.0 Å². The monoisotopic (exact) mass is 364 g/mol. The predicted octanol–water partition coefficient (Wildman–Crippen LogP) is 3.85. The molecular weight excluding hydrogens is 348 g/mol. The first kappa shape index (κ1) is 16.7. The highest BCUT2D eigenvalue weighted by atomic mass is 35.5. The zero-order valence-electron chi connectivity index (χ0n) is 14.1. The van der Waals surface area contributed by atoms with E-state index in [0.29, 0.717) is 24.5 Å². The van der Waals surface area contributed by atoms with E-state index in [0.717, 1.165) is 34.3 Å². The van der Waals surface area contributed by atoms with Crippen molar-refractivity contribution in [3.8, 4) is 0 Å². The number of pyridine rings is 2. The van der Waals surface area contributed by atoms with Gasteiger partial charge in [-0.1, -0.05) is 35.9 Å². The molecule has 0 N–H and O–H groups in total. The lowest BCUT2D eigenvalue weighted by molar-refractivity contribution is -0.127. The van der Waals surface area contributed by atoms with Crippen LogP contribution in [0.2, 0.25) is 5.15 Å². The smallest absolute Gasteiger partial charge is 0.242 e. The summed E-state index contributed by atoms with van der Waals surface area (Å²) in [6, 6.07) is 15.4. The molecule has 26 heavy (non-hydrogen) atoms. The second-order valence-corrected chi connectivity index (χ2v) is 6.57. The van der Waals surface area contributed by atoms with Gasteiger partial charge in [-0.15, -0.1) is 0 Å². The lowest BCUT2D eigenvalue weighted by Gasteiger charge is -2.14. The van der Waals surface area contributed by atoms with Gasteiger partial charge in [0.15, 0.2) is 0 Å². The van der Waals surface area contributed by atoms with Gasteiger partial charge < -0.3 is 0 Å². The maximum atomic E-state index is 12.0. The van der Waals surface area contributed by atoms with E-state index in [1.807, 2.05) is 48.5 Å². The summed E-state index contributed by atoms with van der Waals surface area (Å²) in [5.41, 5.74) is 3.35. The van der Waals surface area contributed by atoms with E-state index >= 15 is 0 Å². The lowest BCUT2D eigenvalue weighted by atomic mass is 10.0. The maximum absolute atomic E-state index is 12.0. The molecule has 0 unspecified atom stereocenters. The summed E-state index contributed by atoms with van der Waals surface area (Å²) in [7, 11) is 0. The van der Waals surface area contributed by atoms with Crippen LogP contribution in [0.25, 0.3) is 10.9 Å². The van der Waals surface area contributed by atoms with Crippen LogP contribution in [-0.4, -0.2) is 33.1 Å². The number of hydrogen-bond acceptors (Lipinski definition) is 4. The molecule has 0 aliphatic carbocycles. The maximum Gasteiger partial charge on any atom is 0.242 e. The standard InChI is InChI=1S/C20H17ClN4O/c21-19-13-14(15-6-1-2-7-16(15)23-19)12-18(17-8-3-4-10-22-17)24-25-11-5-9-20(25)26/h1-4,6-8,10,13H,5,9,11-12H2. The molecule has 1 aromatic carbocycles. The first-order chi connectivity index (χ1) is 12.7. The molecule has 4 rings (SSSR count). The molecule has 0 saturated carbocycles. The van der Waals surface area contributed by atoms with E-state index in [9.17, 15) is 4.79 Å². The number of halogens is 1. The highest BCUT2D eigenvalue weighted by molar-refractivity contribution is 6.30. The van der Waals surface area contributed by atoms with Gasteiger partial charge in [0.1, 0.15) is 5.15 Å². The van der Waals surface area contributed by atoms with Gasteiger partial charge in [-0.3, -0.25) is 9.78 Å². The fraction of sp³-hybridized carbons (Fsp3) is 0.200. The van der Waals surface area contributed by atoms with E-state index in [4.69, 9.17) is 11.6 Å². The molecule has 0 atom stereocenters. The van der Waals surface area contributed by atoms with Crippen LogP contribution in [0.3, 0.4) is 0 Å². The van der Waals surface area contributed by atoms with Crippen molar-refractivity contribution < 1.29 is 4.79 Å². The third kappa shape index (κ3) is 3.44. The number of fused-ring (bicyclic) bond motifs is 1. The first-order valence-electron chi connectivity index (χ1n) is 8.54. The van der Waals surface area contributed by atoms with Crippen molar-refractivity contribution >= 4 is 34.1 Å². The normalized spacial score (nSPS) is 15.0. The number of amides is 1. The molecule has 1 aliphatic heterocycles. The number of benzene rings is 1. The van der Waals surface area contributed by atoms with Crippen LogP contribution in [0.5, 0.6) is 0 Å². The molecular formula is C20H17ClN4O. The molecule has 3 aromatic rings. The van der Waals surface area contributed by atoms with Gasteiger partial charge in [0.2, 0.25) is 5.91 Å². The van der Waals surface area contributed by atoms with Crippen molar-refractivity contribution in [3.05, 3.63) is 71.1 Å². The zero-order chi connectivity index (χ0) is 17.9. The fourth-order valence-corrected chi connectivity index (χ4v) is 3.36. The van der Waals surface area contributed by atoms with Crippen LogP contribution in [0.15, 0.2) is 59.8 Å².